The summed E-state index contributed by atoms with van der Waals surface area (Å²) in [7, 11) is 0. The zero-order chi connectivity index (χ0) is 11.3. The SMILES string of the molecule is CCC(CCl)(CCl)Nc1ccc(Br)cn1. The van der Waals surface area contributed by atoms with Gasteiger partial charge in [-0.15, -0.1) is 23.2 Å². The van der Waals surface area contributed by atoms with Crippen LogP contribution in [0.5, 0.6) is 0 Å². The van der Waals surface area contributed by atoms with Gasteiger partial charge in [0.15, 0.2) is 0 Å². The zero-order valence-corrected chi connectivity index (χ0v) is 11.5. The molecule has 0 saturated heterocycles. The summed E-state index contributed by atoms with van der Waals surface area (Å²) in [5.41, 5.74) is -0.274. The van der Waals surface area contributed by atoms with E-state index in [4.69, 9.17) is 23.2 Å². The van der Waals surface area contributed by atoms with Crippen LogP contribution in [0.3, 0.4) is 0 Å². The van der Waals surface area contributed by atoms with Gasteiger partial charge in [0.25, 0.3) is 0 Å². The molecule has 1 aromatic heterocycles. The van der Waals surface area contributed by atoms with Crippen LogP contribution in [0.4, 0.5) is 5.82 Å². The van der Waals surface area contributed by atoms with Crippen molar-refractivity contribution in [2.75, 3.05) is 17.1 Å². The van der Waals surface area contributed by atoms with Crippen molar-refractivity contribution >= 4 is 44.9 Å². The summed E-state index contributed by atoms with van der Waals surface area (Å²) in [6, 6.07) is 3.83. The molecule has 5 heteroatoms. The Balaban J connectivity index is 2.78. The van der Waals surface area contributed by atoms with E-state index in [2.05, 4.69) is 33.2 Å². The van der Waals surface area contributed by atoms with Gasteiger partial charge in [0.2, 0.25) is 0 Å². The van der Waals surface area contributed by atoms with Crippen LogP contribution in [-0.4, -0.2) is 22.3 Å². The molecule has 0 saturated carbocycles. The third kappa shape index (κ3) is 3.51. The monoisotopic (exact) mass is 310 g/mol. The van der Waals surface area contributed by atoms with Crippen molar-refractivity contribution in [3.05, 3.63) is 22.8 Å². The lowest BCUT2D eigenvalue weighted by Crippen LogP contribution is -2.42. The second-order valence-corrected chi connectivity index (χ2v) is 4.84. The Labute approximate surface area is 108 Å². The van der Waals surface area contributed by atoms with Crippen LogP contribution in [0.15, 0.2) is 22.8 Å². The minimum absolute atomic E-state index is 0.274. The molecule has 84 valence electrons. The maximum atomic E-state index is 5.92. The summed E-state index contributed by atoms with van der Waals surface area (Å²) in [5, 5.41) is 3.27. The second-order valence-electron chi connectivity index (χ2n) is 3.39. The summed E-state index contributed by atoms with van der Waals surface area (Å²) in [6.45, 7) is 2.05. The molecule has 0 unspecified atom stereocenters. The number of alkyl halides is 2. The largest absolute Gasteiger partial charge is 0.362 e. The first-order valence-electron chi connectivity index (χ1n) is 4.67. The van der Waals surface area contributed by atoms with Crippen molar-refractivity contribution in [3.63, 3.8) is 0 Å². The van der Waals surface area contributed by atoms with Crippen LogP contribution in [0.25, 0.3) is 0 Å². The number of anilines is 1. The Morgan fingerprint density at radius 2 is 2.07 bits per heavy atom. The highest BCUT2D eigenvalue weighted by Crippen LogP contribution is 2.21. The quantitative estimate of drug-likeness (QED) is 0.835. The summed E-state index contributed by atoms with van der Waals surface area (Å²) in [6.07, 6.45) is 2.60. The van der Waals surface area contributed by atoms with Crippen LogP contribution in [0.2, 0.25) is 0 Å². The van der Waals surface area contributed by atoms with Gasteiger partial charge in [-0.2, -0.15) is 0 Å². The van der Waals surface area contributed by atoms with Crippen LogP contribution in [0.1, 0.15) is 13.3 Å². The van der Waals surface area contributed by atoms with Crippen molar-refractivity contribution in [2.24, 2.45) is 0 Å². The minimum atomic E-state index is -0.274. The number of nitrogens with zero attached hydrogens (tertiary/aromatic N) is 1. The smallest absolute Gasteiger partial charge is 0.126 e. The van der Waals surface area contributed by atoms with Gasteiger partial charge >= 0.3 is 0 Å². The molecule has 0 aromatic carbocycles. The van der Waals surface area contributed by atoms with Crippen LogP contribution in [0, 0.1) is 0 Å². The number of aromatic nitrogens is 1. The lowest BCUT2D eigenvalue weighted by molar-refractivity contribution is 0.558. The molecule has 1 N–H and O–H groups in total. The lowest BCUT2D eigenvalue weighted by Gasteiger charge is -2.30. The normalized spacial score (nSPS) is 11.5. The predicted octanol–water partition coefficient (Wildman–Crippen LogP) is 3.88. The Morgan fingerprint density at radius 3 is 2.47 bits per heavy atom. The second kappa shape index (κ2) is 5.92. The van der Waals surface area contributed by atoms with Crippen LogP contribution in [-0.2, 0) is 0 Å². The highest BCUT2D eigenvalue weighted by atomic mass is 79.9. The molecule has 0 bridgehead atoms. The molecule has 0 fully saturated rings. The third-order valence-electron chi connectivity index (χ3n) is 2.31. The summed E-state index contributed by atoms with van der Waals surface area (Å²) in [4.78, 5) is 4.23. The number of nitrogens with one attached hydrogen (secondary N) is 1. The van der Waals surface area contributed by atoms with Crippen molar-refractivity contribution in [1.82, 2.24) is 4.98 Å². The Hall–Kier alpha value is 0.01000. The van der Waals surface area contributed by atoms with E-state index in [1.807, 2.05) is 12.1 Å². The van der Waals surface area contributed by atoms with E-state index in [0.717, 1.165) is 16.7 Å². The molecule has 1 aromatic rings. The first-order valence-corrected chi connectivity index (χ1v) is 6.53. The molecule has 0 aliphatic carbocycles. The average molecular weight is 312 g/mol. The number of rotatable bonds is 5. The fraction of sp³-hybridized carbons (Fsp3) is 0.500. The van der Waals surface area contributed by atoms with E-state index in [-0.39, 0.29) is 5.54 Å². The number of pyridine rings is 1. The molecule has 2 nitrogen and oxygen atoms in total. The molecule has 0 atom stereocenters. The molecule has 1 rings (SSSR count). The molecule has 0 spiro atoms. The van der Waals surface area contributed by atoms with Gasteiger partial charge in [-0.05, 0) is 34.5 Å². The van der Waals surface area contributed by atoms with E-state index >= 15 is 0 Å². The molecule has 0 aliphatic rings. The predicted molar refractivity (Wildman–Crippen MR) is 70.0 cm³/mol. The summed E-state index contributed by atoms with van der Waals surface area (Å²) >= 11 is 15.2. The number of hydrogen-bond donors (Lipinski definition) is 1. The molecule has 0 radical (unpaired) electrons. The number of halogens is 3. The van der Waals surface area contributed by atoms with Crippen molar-refractivity contribution in [3.8, 4) is 0 Å². The molecule has 1 heterocycles. The van der Waals surface area contributed by atoms with Crippen LogP contribution >= 0.6 is 39.1 Å². The number of hydrogen-bond acceptors (Lipinski definition) is 2. The van der Waals surface area contributed by atoms with Gasteiger partial charge in [0.05, 0.1) is 5.54 Å². The average Bonchev–Trinajstić information content (AvgIpc) is 2.29. The molecular formula is C10H13BrCl2N2. The summed E-state index contributed by atoms with van der Waals surface area (Å²) < 4.78 is 0.951. The fourth-order valence-corrected chi connectivity index (χ4v) is 2.13. The van der Waals surface area contributed by atoms with E-state index in [9.17, 15) is 0 Å². The molecule has 0 amide bonds. The minimum Gasteiger partial charge on any atom is -0.362 e. The van der Waals surface area contributed by atoms with Gasteiger partial charge in [0.1, 0.15) is 5.82 Å². The fourth-order valence-electron chi connectivity index (χ4n) is 1.10. The molecule has 0 aliphatic heterocycles. The molecular weight excluding hydrogens is 299 g/mol. The topological polar surface area (TPSA) is 24.9 Å². The Kier molecular flexibility index (Phi) is 5.16. The van der Waals surface area contributed by atoms with E-state index in [0.29, 0.717) is 11.8 Å². The first-order chi connectivity index (χ1) is 7.15. The van der Waals surface area contributed by atoms with Crippen molar-refractivity contribution in [1.29, 1.82) is 0 Å². The maximum absolute atomic E-state index is 5.92. The standard InChI is InChI=1S/C10H13BrCl2N2/c1-2-10(6-12,7-13)15-9-4-3-8(11)5-14-9/h3-5H,2,6-7H2,1H3,(H,14,15). The Bertz CT molecular complexity index is 291. The Morgan fingerprint density at radius 1 is 1.40 bits per heavy atom. The van der Waals surface area contributed by atoms with Crippen molar-refractivity contribution in [2.45, 2.75) is 18.9 Å². The van der Waals surface area contributed by atoms with E-state index in [1.54, 1.807) is 6.20 Å². The van der Waals surface area contributed by atoms with E-state index in [1.165, 1.54) is 0 Å². The van der Waals surface area contributed by atoms with Gasteiger partial charge < -0.3 is 5.32 Å². The molecule has 15 heavy (non-hydrogen) atoms. The van der Waals surface area contributed by atoms with Crippen LogP contribution < -0.4 is 5.32 Å². The zero-order valence-electron chi connectivity index (χ0n) is 8.43. The van der Waals surface area contributed by atoms with E-state index < -0.39 is 0 Å². The lowest BCUT2D eigenvalue weighted by atomic mass is 10.0. The van der Waals surface area contributed by atoms with Crippen molar-refractivity contribution < 1.29 is 0 Å². The maximum Gasteiger partial charge on any atom is 0.126 e. The first kappa shape index (κ1) is 13.1. The van der Waals surface area contributed by atoms with Gasteiger partial charge in [-0.3, -0.25) is 0 Å². The van der Waals surface area contributed by atoms with Gasteiger partial charge in [0, 0.05) is 22.4 Å². The van der Waals surface area contributed by atoms with Gasteiger partial charge in [-0.25, -0.2) is 4.98 Å². The highest BCUT2D eigenvalue weighted by Gasteiger charge is 2.26. The van der Waals surface area contributed by atoms with Gasteiger partial charge in [-0.1, -0.05) is 6.92 Å². The third-order valence-corrected chi connectivity index (χ3v) is 3.80. The highest BCUT2D eigenvalue weighted by molar-refractivity contribution is 9.10. The summed E-state index contributed by atoms with van der Waals surface area (Å²) in [5.74, 6) is 1.72.